The van der Waals surface area contributed by atoms with Gasteiger partial charge >= 0.3 is 5.97 Å². The van der Waals surface area contributed by atoms with Gasteiger partial charge < -0.3 is 15.4 Å². The van der Waals surface area contributed by atoms with Gasteiger partial charge in [0.15, 0.2) is 6.10 Å². The summed E-state index contributed by atoms with van der Waals surface area (Å²) < 4.78 is 4.98. The number of thiophene rings is 1. The van der Waals surface area contributed by atoms with Crippen LogP contribution in [0.25, 0.3) is 0 Å². The molecule has 0 bridgehead atoms. The standard InChI is InChI=1S/C16H14Cl2N2O4S/c1-9(15(22)20-12-6-10(17)5-11(18)7-12)24-14(21)8-19-16(23)13-3-2-4-25-13/h2-7,9H,8H2,1H3,(H,19,23)(H,20,22)/t9-/m1/s1. The molecule has 0 saturated heterocycles. The first-order valence-electron chi connectivity index (χ1n) is 7.13. The van der Waals surface area contributed by atoms with E-state index >= 15 is 0 Å². The SMILES string of the molecule is C[C@@H](OC(=O)CNC(=O)c1cccs1)C(=O)Nc1cc(Cl)cc(Cl)c1. The van der Waals surface area contributed by atoms with Gasteiger partial charge in [-0.15, -0.1) is 11.3 Å². The Hall–Kier alpha value is -2.09. The number of anilines is 1. The molecular formula is C16H14Cl2N2O4S. The van der Waals surface area contributed by atoms with E-state index in [9.17, 15) is 14.4 Å². The summed E-state index contributed by atoms with van der Waals surface area (Å²) in [6.45, 7) is 1.08. The van der Waals surface area contributed by atoms with Crippen LogP contribution >= 0.6 is 34.5 Å². The molecule has 1 aromatic heterocycles. The van der Waals surface area contributed by atoms with Crippen molar-refractivity contribution in [3.8, 4) is 0 Å². The first-order chi connectivity index (χ1) is 11.8. The predicted octanol–water partition coefficient (Wildman–Crippen LogP) is 3.36. The number of carbonyl (C=O) groups excluding carboxylic acids is 3. The van der Waals surface area contributed by atoms with Crippen LogP contribution in [-0.2, 0) is 14.3 Å². The molecule has 1 aromatic carbocycles. The lowest BCUT2D eigenvalue weighted by Gasteiger charge is -2.14. The lowest BCUT2D eigenvalue weighted by atomic mass is 10.3. The Morgan fingerprint density at radius 3 is 2.48 bits per heavy atom. The average molecular weight is 401 g/mol. The Morgan fingerprint density at radius 2 is 1.88 bits per heavy atom. The van der Waals surface area contributed by atoms with Crippen LogP contribution in [-0.4, -0.2) is 30.4 Å². The minimum Gasteiger partial charge on any atom is -0.451 e. The molecule has 0 aliphatic heterocycles. The second-order valence-electron chi connectivity index (χ2n) is 4.94. The Labute approximate surface area is 158 Å². The summed E-state index contributed by atoms with van der Waals surface area (Å²) in [5.74, 6) is -1.65. The molecule has 0 unspecified atom stereocenters. The molecule has 2 N–H and O–H groups in total. The van der Waals surface area contributed by atoms with E-state index in [0.29, 0.717) is 20.6 Å². The molecular weight excluding hydrogens is 387 g/mol. The van der Waals surface area contributed by atoms with Crippen molar-refractivity contribution in [2.75, 3.05) is 11.9 Å². The Kier molecular flexibility index (Phi) is 6.81. The minimum atomic E-state index is -1.05. The van der Waals surface area contributed by atoms with Gasteiger partial charge in [0, 0.05) is 15.7 Å². The fourth-order valence-corrected chi connectivity index (χ4v) is 2.98. The highest BCUT2D eigenvalue weighted by Crippen LogP contribution is 2.22. The van der Waals surface area contributed by atoms with E-state index in [2.05, 4.69) is 10.6 Å². The van der Waals surface area contributed by atoms with Gasteiger partial charge in [0.1, 0.15) is 6.54 Å². The van der Waals surface area contributed by atoms with Crippen molar-refractivity contribution in [3.63, 3.8) is 0 Å². The van der Waals surface area contributed by atoms with Gasteiger partial charge in [-0.1, -0.05) is 29.3 Å². The van der Waals surface area contributed by atoms with E-state index < -0.39 is 18.0 Å². The number of rotatable bonds is 6. The summed E-state index contributed by atoms with van der Waals surface area (Å²) in [6.07, 6.45) is -1.05. The fraction of sp³-hybridized carbons (Fsp3) is 0.188. The predicted molar refractivity (Wildman–Crippen MR) is 97.3 cm³/mol. The summed E-state index contributed by atoms with van der Waals surface area (Å²) in [5.41, 5.74) is 0.386. The van der Waals surface area contributed by atoms with E-state index in [4.69, 9.17) is 27.9 Å². The van der Waals surface area contributed by atoms with E-state index in [1.165, 1.54) is 36.5 Å². The molecule has 2 amide bonds. The molecule has 0 saturated carbocycles. The van der Waals surface area contributed by atoms with Crippen LogP contribution in [0.5, 0.6) is 0 Å². The van der Waals surface area contributed by atoms with Crippen molar-refractivity contribution < 1.29 is 19.1 Å². The van der Waals surface area contributed by atoms with Gasteiger partial charge in [0.2, 0.25) is 0 Å². The van der Waals surface area contributed by atoms with Gasteiger partial charge in [-0.2, -0.15) is 0 Å². The molecule has 132 valence electrons. The van der Waals surface area contributed by atoms with Crippen LogP contribution in [0.4, 0.5) is 5.69 Å². The highest BCUT2D eigenvalue weighted by Gasteiger charge is 2.19. The molecule has 6 nitrogen and oxygen atoms in total. The van der Waals surface area contributed by atoms with Gasteiger partial charge in [0.25, 0.3) is 11.8 Å². The third-order valence-corrected chi connectivity index (χ3v) is 4.25. The first kappa shape index (κ1) is 19.2. The first-order valence-corrected chi connectivity index (χ1v) is 8.77. The largest absolute Gasteiger partial charge is 0.451 e. The highest BCUT2D eigenvalue weighted by atomic mass is 35.5. The molecule has 0 radical (unpaired) electrons. The third kappa shape index (κ3) is 6.04. The second-order valence-corrected chi connectivity index (χ2v) is 6.76. The number of benzene rings is 1. The smallest absolute Gasteiger partial charge is 0.326 e. The van der Waals surface area contributed by atoms with Crippen LogP contribution < -0.4 is 10.6 Å². The van der Waals surface area contributed by atoms with E-state index in [0.717, 1.165) is 0 Å². The van der Waals surface area contributed by atoms with Crippen LogP contribution in [0.2, 0.25) is 10.0 Å². The summed E-state index contributed by atoms with van der Waals surface area (Å²) >= 11 is 13.0. The highest BCUT2D eigenvalue weighted by molar-refractivity contribution is 7.12. The number of nitrogens with one attached hydrogen (secondary N) is 2. The van der Waals surface area contributed by atoms with Crippen molar-refractivity contribution >= 4 is 58.0 Å². The zero-order valence-electron chi connectivity index (χ0n) is 13.0. The van der Waals surface area contributed by atoms with Gasteiger partial charge in [-0.05, 0) is 36.6 Å². The van der Waals surface area contributed by atoms with Gasteiger partial charge in [-0.25, -0.2) is 0 Å². The maximum atomic E-state index is 12.0. The van der Waals surface area contributed by atoms with Crippen molar-refractivity contribution in [1.29, 1.82) is 0 Å². The van der Waals surface area contributed by atoms with Gasteiger partial charge in [-0.3, -0.25) is 14.4 Å². The monoisotopic (exact) mass is 400 g/mol. The zero-order chi connectivity index (χ0) is 18.4. The number of amides is 2. The number of hydrogen-bond donors (Lipinski definition) is 2. The van der Waals surface area contributed by atoms with Crippen molar-refractivity contribution in [2.45, 2.75) is 13.0 Å². The van der Waals surface area contributed by atoms with Crippen LogP contribution in [0.1, 0.15) is 16.6 Å². The fourth-order valence-electron chi connectivity index (χ4n) is 1.81. The number of esters is 1. The Balaban J connectivity index is 1.81. The quantitative estimate of drug-likeness (QED) is 0.728. The molecule has 2 aromatic rings. The van der Waals surface area contributed by atoms with Gasteiger partial charge in [0.05, 0.1) is 4.88 Å². The molecule has 0 spiro atoms. The molecule has 0 aliphatic rings. The van der Waals surface area contributed by atoms with Crippen molar-refractivity contribution in [1.82, 2.24) is 5.32 Å². The zero-order valence-corrected chi connectivity index (χ0v) is 15.4. The summed E-state index contributed by atoms with van der Waals surface area (Å²) in [4.78, 5) is 36.0. The third-order valence-electron chi connectivity index (χ3n) is 2.95. The maximum Gasteiger partial charge on any atom is 0.326 e. The van der Waals surface area contributed by atoms with E-state index in [1.807, 2.05) is 0 Å². The number of ether oxygens (including phenoxy) is 1. The molecule has 0 aliphatic carbocycles. The maximum absolute atomic E-state index is 12.0. The Morgan fingerprint density at radius 1 is 1.20 bits per heavy atom. The molecule has 1 atom stereocenters. The lowest BCUT2D eigenvalue weighted by Crippen LogP contribution is -2.35. The summed E-state index contributed by atoms with van der Waals surface area (Å²) in [7, 11) is 0. The molecule has 1 heterocycles. The van der Waals surface area contributed by atoms with E-state index in [-0.39, 0.29) is 12.5 Å². The molecule has 0 fully saturated rings. The molecule has 9 heteroatoms. The molecule has 2 rings (SSSR count). The molecule has 25 heavy (non-hydrogen) atoms. The van der Waals surface area contributed by atoms with Crippen LogP contribution in [0, 0.1) is 0 Å². The summed E-state index contributed by atoms with van der Waals surface area (Å²) in [6, 6.07) is 7.92. The Bertz CT molecular complexity index is 760. The second kappa shape index (κ2) is 8.84. The summed E-state index contributed by atoms with van der Waals surface area (Å²) in [5, 5.41) is 7.45. The van der Waals surface area contributed by atoms with E-state index in [1.54, 1.807) is 17.5 Å². The van der Waals surface area contributed by atoms with Crippen molar-refractivity contribution in [2.24, 2.45) is 0 Å². The van der Waals surface area contributed by atoms with Crippen molar-refractivity contribution in [3.05, 3.63) is 50.6 Å². The average Bonchev–Trinajstić information content (AvgIpc) is 3.06. The van der Waals surface area contributed by atoms with Crippen LogP contribution in [0.3, 0.4) is 0 Å². The lowest BCUT2D eigenvalue weighted by molar-refractivity contribution is -0.152. The van der Waals surface area contributed by atoms with Crippen LogP contribution in [0.15, 0.2) is 35.7 Å². The normalized spacial score (nSPS) is 11.5. The number of halogens is 2. The number of carbonyl (C=O) groups is 3. The number of hydrogen-bond acceptors (Lipinski definition) is 5. The topological polar surface area (TPSA) is 84.5 Å². The minimum absolute atomic E-state index is 0.336.